The Bertz CT molecular complexity index is 2010. The summed E-state index contributed by atoms with van der Waals surface area (Å²) in [6.07, 6.45) is 1.66. The van der Waals surface area contributed by atoms with Gasteiger partial charge in [0.25, 0.3) is 5.56 Å². The molecule has 0 amide bonds. The van der Waals surface area contributed by atoms with E-state index in [1.807, 2.05) is 56.3 Å². The van der Waals surface area contributed by atoms with Crippen LogP contribution in [0, 0.1) is 3.57 Å². The minimum Gasteiger partial charge on any atom is -0.491 e. The lowest BCUT2D eigenvalue weighted by atomic mass is 9.95. The van der Waals surface area contributed by atoms with Crippen LogP contribution >= 0.6 is 73.1 Å². The van der Waals surface area contributed by atoms with Gasteiger partial charge in [-0.15, -0.1) is 0 Å². The number of allylic oxidation sites excluding steroid dienone is 1. The minimum atomic E-state index is -0.803. The average molecular weight is 842 g/mol. The molecule has 1 aliphatic rings. The summed E-state index contributed by atoms with van der Waals surface area (Å²) in [5, 5.41) is 1.04. The fourth-order valence-corrected chi connectivity index (χ4v) is 8.13. The van der Waals surface area contributed by atoms with Crippen LogP contribution in [0.1, 0.15) is 50.4 Å². The topological polar surface area (TPSA) is 79.1 Å². The maximum absolute atomic E-state index is 14.3. The van der Waals surface area contributed by atoms with Crippen molar-refractivity contribution in [3.8, 4) is 11.5 Å². The number of carbonyl (C=O) groups excluding carboxylic acids is 1. The summed E-state index contributed by atoms with van der Waals surface area (Å²) in [5.74, 6) is 0.628. The SMILES string of the molecule is CCOC(=O)C1=C(C)N=c2s/c(=C\c3cc(Br)cc(I)c3OCc3ccc(Cl)cc3Cl)c(=O)n2[C@H]1c1ccccc1OC(C)C. The smallest absolute Gasteiger partial charge is 0.338 e. The van der Waals surface area contributed by atoms with Crippen molar-refractivity contribution in [3.05, 3.63) is 120 Å². The molecule has 1 aliphatic heterocycles. The van der Waals surface area contributed by atoms with Gasteiger partial charge in [-0.1, -0.05) is 74.7 Å². The number of benzene rings is 3. The fraction of sp³-hybridized carbons (Fsp3) is 0.242. The average Bonchev–Trinajstić information content (AvgIpc) is 3.26. The Morgan fingerprint density at radius 3 is 2.64 bits per heavy atom. The number of nitrogens with zero attached hydrogens (tertiary/aromatic N) is 2. The predicted molar refractivity (Wildman–Crippen MR) is 190 cm³/mol. The van der Waals surface area contributed by atoms with Gasteiger partial charge in [0.2, 0.25) is 0 Å². The molecule has 0 aliphatic carbocycles. The minimum absolute atomic E-state index is 0.127. The zero-order valence-corrected chi connectivity index (χ0v) is 30.8. The first-order chi connectivity index (χ1) is 21.5. The number of halogens is 4. The highest BCUT2D eigenvalue weighted by Gasteiger charge is 2.35. The second kappa shape index (κ2) is 14.4. The molecule has 0 saturated carbocycles. The van der Waals surface area contributed by atoms with Crippen molar-refractivity contribution in [2.45, 2.75) is 46.4 Å². The number of thiazole rings is 1. The van der Waals surface area contributed by atoms with Crippen molar-refractivity contribution in [3.63, 3.8) is 0 Å². The first-order valence-corrected chi connectivity index (χ1v) is 17.4. The summed E-state index contributed by atoms with van der Waals surface area (Å²) in [7, 11) is 0. The van der Waals surface area contributed by atoms with Crippen LogP contribution < -0.4 is 24.4 Å². The number of rotatable bonds is 9. The molecule has 12 heteroatoms. The van der Waals surface area contributed by atoms with E-state index in [1.54, 1.807) is 36.6 Å². The summed E-state index contributed by atoms with van der Waals surface area (Å²) in [4.78, 5) is 32.8. The van der Waals surface area contributed by atoms with Crippen molar-refractivity contribution < 1.29 is 19.0 Å². The molecule has 3 aromatic carbocycles. The van der Waals surface area contributed by atoms with Gasteiger partial charge in [-0.3, -0.25) is 9.36 Å². The molecule has 0 bridgehead atoms. The molecule has 1 aromatic heterocycles. The van der Waals surface area contributed by atoms with E-state index in [1.165, 1.54) is 11.3 Å². The highest BCUT2D eigenvalue weighted by atomic mass is 127. The molecule has 0 saturated heterocycles. The van der Waals surface area contributed by atoms with E-state index in [0.29, 0.717) is 47.7 Å². The van der Waals surface area contributed by atoms with Gasteiger partial charge < -0.3 is 14.2 Å². The van der Waals surface area contributed by atoms with E-state index in [2.05, 4.69) is 38.5 Å². The first kappa shape index (κ1) is 33.7. The van der Waals surface area contributed by atoms with Crippen LogP contribution in [0.5, 0.6) is 11.5 Å². The van der Waals surface area contributed by atoms with Crippen LogP contribution in [0.15, 0.2) is 80.1 Å². The lowest BCUT2D eigenvalue weighted by Crippen LogP contribution is -2.40. The molecule has 5 rings (SSSR count). The van der Waals surface area contributed by atoms with E-state index < -0.39 is 12.0 Å². The summed E-state index contributed by atoms with van der Waals surface area (Å²) >= 11 is 19.5. The third-order valence-electron chi connectivity index (χ3n) is 6.80. The van der Waals surface area contributed by atoms with E-state index in [4.69, 9.17) is 42.4 Å². The fourth-order valence-electron chi connectivity index (χ4n) is 4.92. The summed E-state index contributed by atoms with van der Waals surface area (Å²) < 4.78 is 21.5. The number of carbonyl (C=O) groups is 1. The quantitative estimate of drug-likeness (QED) is 0.127. The molecular weight excluding hydrogens is 814 g/mol. The van der Waals surface area contributed by atoms with Crippen LogP contribution in [0.25, 0.3) is 6.08 Å². The number of esters is 1. The molecule has 0 radical (unpaired) electrons. The highest BCUT2D eigenvalue weighted by Crippen LogP contribution is 2.37. The van der Waals surface area contributed by atoms with Crippen molar-refractivity contribution in [1.29, 1.82) is 0 Å². The van der Waals surface area contributed by atoms with Gasteiger partial charge in [0.15, 0.2) is 4.80 Å². The molecule has 7 nitrogen and oxygen atoms in total. The molecular formula is C33H28BrCl2IN2O5S. The van der Waals surface area contributed by atoms with Gasteiger partial charge in [0.1, 0.15) is 24.1 Å². The van der Waals surface area contributed by atoms with E-state index in [9.17, 15) is 9.59 Å². The molecule has 0 N–H and O–H groups in total. The number of fused-ring (bicyclic) bond motifs is 1. The zero-order chi connectivity index (χ0) is 32.4. The summed E-state index contributed by atoms with van der Waals surface area (Å²) in [5.41, 5.74) is 2.58. The Balaban J connectivity index is 1.67. The molecule has 0 fully saturated rings. The largest absolute Gasteiger partial charge is 0.491 e. The molecule has 0 spiro atoms. The van der Waals surface area contributed by atoms with Crippen LogP contribution in [0.4, 0.5) is 0 Å². The summed E-state index contributed by atoms with van der Waals surface area (Å²) in [6.45, 7) is 7.73. The third kappa shape index (κ3) is 7.35. The van der Waals surface area contributed by atoms with Crippen LogP contribution in [0.2, 0.25) is 10.0 Å². The number of hydrogen-bond acceptors (Lipinski definition) is 7. The van der Waals surface area contributed by atoms with Crippen LogP contribution in [-0.4, -0.2) is 23.2 Å². The van der Waals surface area contributed by atoms with Crippen molar-refractivity contribution in [2.24, 2.45) is 4.99 Å². The highest BCUT2D eigenvalue weighted by molar-refractivity contribution is 14.1. The van der Waals surface area contributed by atoms with Gasteiger partial charge in [-0.25, -0.2) is 9.79 Å². The Morgan fingerprint density at radius 2 is 1.93 bits per heavy atom. The Hall–Kier alpha value is -2.64. The number of para-hydroxylation sites is 1. The monoisotopic (exact) mass is 840 g/mol. The standard InChI is InChI=1S/C33H28BrCl2IN2O5S/c1-5-42-32(41)28-18(4)38-33-39(29(28)23-8-6-7-9-26(23)44-17(2)3)31(40)27(45-33)13-20-12-21(34)14-25(37)30(20)43-16-19-10-11-22(35)15-24(19)36/h6-15,17,29H,5,16H2,1-4H3/b27-13-/t29-/m0/s1. The van der Waals surface area contributed by atoms with Crippen molar-refractivity contribution in [1.82, 2.24) is 4.57 Å². The van der Waals surface area contributed by atoms with Gasteiger partial charge in [0.05, 0.1) is 32.1 Å². The molecule has 1 atom stereocenters. The zero-order valence-electron chi connectivity index (χ0n) is 24.7. The number of ether oxygens (including phenoxy) is 3. The normalized spacial score (nSPS) is 14.8. The van der Waals surface area contributed by atoms with Crippen molar-refractivity contribution >= 4 is 85.1 Å². The Kier molecular flexibility index (Phi) is 10.8. The Morgan fingerprint density at radius 1 is 1.18 bits per heavy atom. The van der Waals surface area contributed by atoms with E-state index in [0.717, 1.165) is 13.6 Å². The molecule has 2 heterocycles. The number of aromatic nitrogens is 1. The van der Waals surface area contributed by atoms with Gasteiger partial charge in [-0.05, 0) is 86.7 Å². The van der Waals surface area contributed by atoms with Crippen LogP contribution in [-0.2, 0) is 16.1 Å². The Labute approximate surface area is 296 Å². The molecule has 0 unspecified atom stereocenters. The molecule has 234 valence electrons. The second-order valence-electron chi connectivity index (χ2n) is 10.3. The van der Waals surface area contributed by atoms with Gasteiger partial charge in [-0.2, -0.15) is 0 Å². The van der Waals surface area contributed by atoms with E-state index in [-0.39, 0.29) is 30.5 Å². The maximum Gasteiger partial charge on any atom is 0.338 e. The maximum atomic E-state index is 14.3. The lowest BCUT2D eigenvalue weighted by Gasteiger charge is -2.26. The van der Waals surface area contributed by atoms with E-state index >= 15 is 0 Å². The number of hydrogen-bond donors (Lipinski definition) is 0. The van der Waals surface area contributed by atoms with Gasteiger partial charge in [0, 0.05) is 31.2 Å². The lowest BCUT2D eigenvalue weighted by molar-refractivity contribution is -0.139. The second-order valence-corrected chi connectivity index (χ2v) is 14.3. The van der Waals surface area contributed by atoms with Gasteiger partial charge >= 0.3 is 5.97 Å². The predicted octanol–water partition coefficient (Wildman–Crippen LogP) is 7.84. The third-order valence-corrected chi connectivity index (χ3v) is 9.63. The first-order valence-electron chi connectivity index (χ1n) is 14.0. The van der Waals surface area contributed by atoms with Crippen molar-refractivity contribution in [2.75, 3.05) is 6.61 Å². The molecule has 4 aromatic rings. The van der Waals surface area contributed by atoms with Crippen LogP contribution in [0.3, 0.4) is 0 Å². The molecule has 45 heavy (non-hydrogen) atoms. The summed E-state index contributed by atoms with van der Waals surface area (Å²) in [6, 6.07) is 15.7.